The maximum atomic E-state index is 13.2. The lowest BCUT2D eigenvalue weighted by Crippen LogP contribution is -2.14. The Morgan fingerprint density at radius 1 is 1.05 bits per heavy atom. The second kappa shape index (κ2) is 5.32. The summed E-state index contributed by atoms with van der Waals surface area (Å²) < 4.78 is 13.2. The van der Waals surface area contributed by atoms with Crippen molar-refractivity contribution in [3.05, 3.63) is 81.9 Å². The van der Waals surface area contributed by atoms with Gasteiger partial charge in [-0.15, -0.1) is 0 Å². The van der Waals surface area contributed by atoms with Gasteiger partial charge in [0, 0.05) is 17.7 Å². The quantitative estimate of drug-likeness (QED) is 0.750. The smallest absolute Gasteiger partial charge is 0.259 e. The highest BCUT2D eigenvalue weighted by Gasteiger charge is 2.20. The second-order valence-electron chi connectivity index (χ2n) is 4.80. The van der Waals surface area contributed by atoms with E-state index in [9.17, 15) is 14.0 Å². The highest BCUT2D eigenvalue weighted by Crippen LogP contribution is 2.22. The van der Waals surface area contributed by atoms with E-state index in [1.807, 2.05) is 6.07 Å². The molecule has 0 saturated heterocycles. The SMILES string of the molecule is O=C(Cc1cccc(F)c1)c1c2cccccc-2[nH]c1=O. The zero-order valence-electron chi connectivity index (χ0n) is 11.1. The number of nitrogens with one attached hydrogen (secondary N) is 1. The number of H-pyrrole nitrogens is 1. The van der Waals surface area contributed by atoms with Crippen LogP contribution in [0, 0.1) is 5.82 Å². The summed E-state index contributed by atoms with van der Waals surface area (Å²) in [5.74, 6) is -0.712. The summed E-state index contributed by atoms with van der Waals surface area (Å²) in [7, 11) is 0. The number of aromatic nitrogens is 1. The number of benzene rings is 1. The molecule has 2 aliphatic rings. The van der Waals surface area contributed by atoms with Gasteiger partial charge in [0.15, 0.2) is 5.78 Å². The third-order valence-corrected chi connectivity index (χ3v) is 3.32. The van der Waals surface area contributed by atoms with Gasteiger partial charge >= 0.3 is 0 Å². The molecule has 1 aromatic rings. The van der Waals surface area contributed by atoms with Crippen LogP contribution < -0.4 is 5.56 Å². The molecule has 4 heteroatoms. The number of carbonyl (C=O) groups excluding carboxylic acids is 1. The van der Waals surface area contributed by atoms with E-state index in [1.54, 1.807) is 36.4 Å². The molecule has 0 fully saturated rings. The summed E-state index contributed by atoms with van der Waals surface area (Å²) in [5, 5.41) is 0. The van der Waals surface area contributed by atoms with Gasteiger partial charge in [0.05, 0.1) is 5.56 Å². The molecule has 3 nitrogen and oxygen atoms in total. The number of hydrogen-bond acceptors (Lipinski definition) is 2. The Labute approximate surface area is 120 Å². The number of ketones is 1. The average molecular weight is 281 g/mol. The van der Waals surface area contributed by atoms with Crippen LogP contribution >= 0.6 is 0 Å². The van der Waals surface area contributed by atoms with Gasteiger partial charge in [-0.1, -0.05) is 36.4 Å². The lowest BCUT2D eigenvalue weighted by atomic mass is 10.0. The summed E-state index contributed by atoms with van der Waals surface area (Å²) >= 11 is 0. The van der Waals surface area contributed by atoms with Crippen LogP contribution in [0.25, 0.3) is 11.3 Å². The summed E-state index contributed by atoms with van der Waals surface area (Å²) in [4.78, 5) is 27.0. The minimum absolute atomic E-state index is 0.00143. The Balaban J connectivity index is 2.00. The van der Waals surface area contributed by atoms with Crippen LogP contribution in [0.2, 0.25) is 0 Å². The molecule has 0 radical (unpaired) electrons. The van der Waals surface area contributed by atoms with Crippen LogP contribution in [0.5, 0.6) is 0 Å². The molecular weight excluding hydrogens is 269 g/mol. The van der Waals surface area contributed by atoms with Crippen molar-refractivity contribution in [1.82, 2.24) is 4.98 Å². The first kappa shape index (κ1) is 13.2. The van der Waals surface area contributed by atoms with Gasteiger partial charge in [0.25, 0.3) is 5.56 Å². The van der Waals surface area contributed by atoms with Gasteiger partial charge in [-0.05, 0) is 23.8 Å². The molecule has 0 amide bonds. The fourth-order valence-electron chi connectivity index (χ4n) is 2.38. The van der Waals surface area contributed by atoms with Crippen LogP contribution in [0.4, 0.5) is 4.39 Å². The standard InChI is InChI=1S/C17H12FNO2/c18-12-6-4-5-11(9-12)10-15(20)16-13-7-2-1-3-8-14(13)19-17(16)21/h1-9H,10H2,(H,19,21). The predicted octanol–water partition coefficient (Wildman–Crippen LogP) is 3.04. The monoisotopic (exact) mass is 281 g/mol. The molecule has 0 aromatic heterocycles. The van der Waals surface area contributed by atoms with Gasteiger partial charge in [-0.25, -0.2) is 4.39 Å². The molecule has 104 valence electrons. The lowest BCUT2D eigenvalue weighted by Gasteiger charge is -2.01. The Morgan fingerprint density at radius 3 is 2.67 bits per heavy atom. The number of aromatic amines is 1. The topological polar surface area (TPSA) is 49.9 Å². The first-order valence-electron chi connectivity index (χ1n) is 6.54. The van der Waals surface area contributed by atoms with E-state index < -0.39 is 11.4 Å². The fourth-order valence-corrected chi connectivity index (χ4v) is 2.38. The average Bonchev–Trinajstić information content (AvgIpc) is 2.59. The first-order chi connectivity index (χ1) is 10.1. The Bertz CT molecular complexity index is 838. The summed E-state index contributed by atoms with van der Waals surface area (Å²) in [5.41, 5.74) is 1.48. The molecule has 0 unspecified atom stereocenters. The minimum Gasteiger partial charge on any atom is -0.321 e. The van der Waals surface area contributed by atoms with E-state index in [0.717, 1.165) is 0 Å². The van der Waals surface area contributed by atoms with Gasteiger partial charge < -0.3 is 4.98 Å². The highest BCUT2D eigenvalue weighted by atomic mass is 19.1. The normalized spacial score (nSPS) is 10.7. The molecule has 21 heavy (non-hydrogen) atoms. The third kappa shape index (κ3) is 2.60. The molecule has 1 aromatic carbocycles. The number of hydrogen-bond donors (Lipinski definition) is 1. The maximum Gasteiger partial charge on any atom is 0.259 e. The van der Waals surface area contributed by atoms with E-state index in [4.69, 9.17) is 0 Å². The Morgan fingerprint density at radius 2 is 1.86 bits per heavy atom. The summed E-state index contributed by atoms with van der Waals surface area (Å²) in [6, 6.07) is 14.7. The van der Waals surface area contributed by atoms with Gasteiger partial charge in [0.1, 0.15) is 5.82 Å². The maximum absolute atomic E-state index is 13.2. The van der Waals surface area contributed by atoms with Crippen LogP contribution in [-0.4, -0.2) is 10.8 Å². The first-order valence-corrected chi connectivity index (χ1v) is 6.54. The van der Waals surface area contributed by atoms with Crippen LogP contribution in [-0.2, 0) is 6.42 Å². The number of fused-ring (bicyclic) bond motifs is 1. The van der Waals surface area contributed by atoms with Crippen LogP contribution in [0.15, 0.2) is 59.4 Å². The number of carbonyl (C=O) groups is 1. The summed E-state index contributed by atoms with van der Waals surface area (Å²) in [6.45, 7) is 0. The number of rotatable bonds is 3. The fraction of sp³-hybridized carbons (Fsp3) is 0.0588. The lowest BCUT2D eigenvalue weighted by molar-refractivity contribution is 0.0993. The van der Waals surface area contributed by atoms with Crippen molar-refractivity contribution in [3.63, 3.8) is 0 Å². The second-order valence-corrected chi connectivity index (χ2v) is 4.80. The molecule has 0 atom stereocenters. The molecule has 1 aliphatic heterocycles. The molecule has 3 rings (SSSR count). The van der Waals surface area contributed by atoms with E-state index in [1.165, 1.54) is 12.1 Å². The van der Waals surface area contributed by atoms with Gasteiger partial charge in [-0.2, -0.15) is 0 Å². The summed E-state index contributed by atoms with van der Waals surface area (Å²) in [6.07, 6.45) is -0.00143. The van der Waals surface area contributed by atoms with Crippen molar-refractivity contribution >= 4 is 5.78 Å². The molecule has 1 heterocycles. The van der Waals surface area contributed by atoms with Crippen molar-refractivity contribution in [3.8, 4) is 11.3 Å². The molecule has 0 bridgehead atoms. The third-order valence-electron chi connectivity index (χ3n) is 3.32. The van der Waals surface area contributed by atoms with E-state index in [-0.39, 0.29) is 17.8 Å². The van der Waals surface area contributed by atoms with Crippen LogP contribution in [0.1, 0.15) is 15.9 Å². The number of halogens is 1. The van der Waals surface area contributed by atoms with Crippen molar-refractivity contribution in [2.45, 2.75) is 6.42 Å². The molecule has 1 N–H and O–H groups in total. The zero-order chi connectivity index (χ0) is 14.8. The highest BCUT2D eigenvalue weighted by molar-refractivity contribution is 6.03. The van der Waals surface area contributed by atoms with E-state index in [0.29, 0.717) is 16.8 Å². The molecule has 0 spiro atoms. The van der Waals surface area contributed by atoms with Crippen LogP contribution in [0.3, 0.4) is 0 Å². The van der Waals surface area contributed by atoms with E-state index >= 15 is 0 Å². The number of Topliss-reactive ketones (excluding diaryl/α,β-unsaturated/α-hetero) is 1. The Kier molecular flexibility index (Phi) is 3.36. The largest absolute Gasteiger partial charge is 0.321 e. The molecule has 1 aliphatic carbocycles. The van der Waals surface area contributed by atoms with Crippen molar-refractivity contribution in [1.29, 1.82) is 0 Å². The van der Waals surface area contributed by atoms with E-state index in [2.05, 4.69) is 4.98 Å². The predicted molar refractivity (Wildman–Crippen MR) is 78.1 cm³/mol. The van der Waals surface area contributed by atoms with Crippen molar-refractivity contribution in [2.75, 3.05) is 0 Å². The molecule has 0 saturated carbocycles. The Hall–Kier alpha value is -2.75. The minimum atomic E-state index is -0.405. The van der Waals surface area contributed by atoms with Crippen molar-refractivity contribution < 1.29 is 9.18 Å². The van der Waals surface area contributed by atoms with Crippen molar-refractivity contribution in [2.24, 2.45) is 0 Å². The molecular formula is C17H12FNO2. The van der Waals surface area contributed by atoms with Gasteiger partial charge in [0.2, 0.25) is 0 Å². The zero-order valence-corrected chi connectivity index (χ0v) is 11.1. The van der Waals surface area contributed by atoms with Gasteiger partial charge in [-0.3, -0.25) is 9.59 Å².